The zero-order chi connectivity index (χ0) is 18.1. The molecule has 1 amide bonds. The Morgan fingerprint density at radius 3 is 2.85 bits per heavy atom. The fourth-order valence-electron chi connectivity index (χ4n) is 3.08. The first kappa shape index (κ1) is 16.7. The number of amides is 1. The third-order valence-electron chi connectivity index (χ3n) is 4.45. The minimum Gasteiger partial charge on any atom is -0.386 e. The predicted octanol–water partition coefficient (Wildman–Crippen LogP) is 1.73. The number of rotatable bonds is 5. The number of benzene rings is 1. The van der Waals surface area contributed by atoms with Gasteiger partial charge in [0, 0.05) is 18.3 Å². The maximum absolute atomic E-state index is 11.2. The van der Waals surface area contributed by atoms with Crippen molar-refractivity contribution in [2.24, 2.45) is 5.73 Å². The topological polar surface area (TPSA) is 97.3 Å². The van der Waals surface area contributed by atoms with Crippen molar-refractivity contribution >= 4 is 22.4 Å². The first-order valence-electron chi connectivity index (χ1n) is 8.39. The van der Waals surface area contributed by atoms with Gasteiger partial charge in [-0.1, -0.05) is 30.3 Å². The fourth-order valence-corrected chi connectivity index (χ4v) is 3.92. The summed E-state index contributed by atoms with van der Waals surface area (Å²) in [5, 5.41) is 17.5. The number of primary amides is 1. The zero-order valence-corrected chi connectivity index (χ0v) is 14.9. The molecule has 1 aromatic carbocycles. The van der Waals surface area contributed by atoms with E-state index < -0.39 is 12.0 Å². The monoisotopic (exact) mass is 369 g/mol. The molecule has 0 spiro atoms. The smallest absolute Gasteiger partial charge is 0.268 e. The van der Waals surface area contributed by atoms with Gasteiger partial charge in [0.15, 0.2) is 5.13 Å². The van der Waals surface area contributed by atoms with Crippen molar-refractivity contribution in [1.29, 1.82) is 0 Å². The molecule has 0 unspecified atom stereocenters. The number of carbonyl (C=O) groups is 1. The summed E-state index contributed by atoms with van der Waals surface area (Å²) < 4.78 is 1.93. The Kier molecular flexibility index (Phi) is 4.44. The lowest BCUT2D eigenvalue weighted by molar-refractivity contribution is 0.0996. The van der Waals surface area contributed by atoms with Crippen LogP contribution in [0.4, 0.5) is 5.13 Å². The van der Waals surface area contributed by atoms with E-state index in [9.17, 15) is 9.90 Å². The Labute approximate surface area is 154 Å². The van der Waals surface area contributed by atoms with E-state index in [4.69, 9.17) is 5.73 Å². The van der Waals surface area contributed by atoms with Crippen LogP contribution < -0.4 is 10.6 Å². The lowest BCUT2D eigenvalue weighted by Crippen LogP contribution is -2.33. The molecule has 8 heteroatoms. The third-order valence-corrected chi connectivity index (χ3v) is 5.35. The molecule has 3 heterocycles. The zero-order valence-electron chi connectivity index (χ0n) is 14.1. The molecule has 0 fully saturated rings. The molecule has 3 aromatic rings. The molecule has 4 rings (SSSR count). The molecule has 0 saturated heterocycles. The molecule has 2 aromatic heterocycles. The lowest BCUT2D eigenvalue weighted by Gasteiger charge is -2.27. The van der Waals surface area contributed by atoms with Crippen molar-refractivity contribution in [3.05, 3.63) is 64.4 Å². The Bertz CT molecular complexity index is 921. The summed E-state index contributed by atoms with van der Waals surface area (Å²) in [7, 11) is 0. The second-order valence-electron chi connectivity index (χ2n) is 6.29. The van der Waals surface area contributed by atoms with Gasteiger partial charge in [-0.3, -0.25) is 9.48 Å². The summed E-state index contributed by atoms with van der Waals surface area (Å²) in [6.45, 7) is 2.09. The van der Waals surface area contributed by atoms with Crippen molar-refractivity contribution in [1.82, 2.24) is 14.8 Å². The lowest BCUT2D eigenvalue weighted by atomic mass is 10.1. The molecule has 0 saturated carbocycles. The molecular formula is C18H19N5O2S. The average molecular weight is 369 g/mol. The van der Waals surface area contributed by atoms with Crippen LogP contribution in [0.3, 0.4) is 0 Å². The van der Waals surface area contributed by atoms with Gasteiger partial charge in [0.05, 0.1) is 24.5 Å². The molecule has 7 nitrogen and oxygen atoms in total. The van der Waals surface area contributed by atoms with Crippen LogP contribution in [0.25, 0.3) is 0 Å². The van der Waals surface area contributed by atoms with E-state index in [-0.39, 0.29) is 0 Å². The van der Waals surface area contributed by atoms with Gasteiger partial charge >= 0.3 is 0 Å². The minimum atomic E-state index is -0.634. The van der Waals surface area contributed by atoms with Crippen LogP contribution in [0, 0.1) is 0 Å². The molecule has 1 aliphatic heterocycles. The fraction of sp³-hybridized carbons (Fsp3) is 0.278. The van der Waals surface area contributed by atoms with Crippen molar-refractivity contribution in [2.75, 3.05) is 11.4 Å². The number of anilines is 1. The van der Waals surface area contributed by atoms with Crippen molar-refractivity contribution in [3.63, 3.8) is 0 Å². The van der Waals surface area contributed by atoms with Gasteiger partial charge in [0.2, 0.25) is 0 Å². The molecule has 3 N–H and O–H groups in total. The number of hydrogen-bond donors (Lipinski definition) is 2. The predicted molar refractivity (Wildman–Crippen MR) is 99.0 cm³/mol. The van der Waals surface area contributed by atoms with Gasteiger partial charge in [-0.25, -0.2) is 4.98 Å². The number of fused-ring (bicyclic) bond motifs is 1. The van der Waals surface area contributed by atoms with Gasteiger partial charge < -0.3 is 15.7 Å². The van der Waals surface area contributed by atoms with E-state index in [1.165, 1.54) is 11.3 Å². The number of nitrogens with zero attached hydrogens (tertiary/aromatic N) is 4. The van der Waals surface area contributed by atoms with Crippen molar-refractivity contribution in [2.45, 2.75) is 25.6 Å². The molecule has 0 bridgehead atoms. The average Bonchev–Trinajstić information content (AvgIpc) is 3.29. The van der Waals surface area contributed by atoms with Gasteiger partial charge in [0.1, 0.15) is 11.8 Å². The largest absolute Gasteiger partial charge is 0.386 e. The SMILES string of the molecule is NC(=O)c1csc(N2CCn3nc([C@@H](O)Cc4ccccc4)cc3C2)n1. The van der Waals surface area contributed by atoms with E-state index in [1.807, 2.05) is 41.1 Å². The Morgan fingerprint density at radius 2 is 2.12 bits per heavy atom. The summed E-state index contributed by atoms with van der Waals surface area (Å²) in [6, 6.07) is 11.8. The van der Waals surface area contributed by atoms with Crippen LogP contribution in [0.5, 0.6) is 0 Å². The summed E-state index contributed by atoms with van der Waals surface area (Å²) in [6.07, 6.45) is -0.0968. The Morgan fingerprint density at radius 1 is 1.31 bits per heavy atom. The van der Waals surface area contributed by atoms with Crippen LogP contribution in [0.15, 0.2) is 41.8 Å². The van der Waals surface area contributed by atoms with Crippen molar-refractivity contribution < 1.29 is 9.90 Å². The molecule has 1 aliphatic rings. The van der Waals surface area contributed by atoms with Crippen LogP contribution in [-0.2, 0) is 19.5 Å². The van der Waals surface area contributed by atoms with Crippen molar-refractivity contribution in [3.8, 4) is 0 Å². The number of nitrogens with two attached hydrogens (primary N) is 1. The second kappa shape index (κ2) is 6.89. The minimum absolute atomic E-state index is 0.294. The van der Waals surface area contributed by atoms with Crippen LogP contribution in [-0.4, -0.2) is 32.3 Å². The maximum atomic E-state index is 11.2. The molecule has 134 valence electrons. The highest BCUT2D eigenvalue weighted by Gasteiger charge is 2.23. The first-order valence-corrected chi connectivity index (χ1v) is 9.27. The Balaban J connectivity index is 1.48. The maximum Gasteiger partial charge on any atom is 0.268 e. The highest BCUT2D eigenvalue weighted by atomic mass is 32.1. The Hall–Kier alpha value is -2.71. The summed E-state index contributed by atoms with van der Waals surface area (Å²) >= 11 is 1.41. The molecule has 1 atom stereocenters. The molecule has 0 aliphatic carbocycles. The van der Waals surface area contributed by atoms with Crippen LogP contribution >= 0.6 is 11.3 Å². The van der Waals surface area contributed by atoms with Crippen LogP contribution in [0.1, 0.15) is 33.5 Å². The second-order valence-corrected chi connectivity index (χ2v) is 7.13. The van der Waals surface area contributed by atoms with Crippen LogP contribution in [0.2, 0.25) is 0 Å². The van der Waals surface area contributed by atoms with E-state index in [0.717, 1.165) is 22.9 Å². The molecular weight excluding hydrogens is 350 g/mol. The van der Waals surface area contributed by atoms with Gasteiger partial charge in [-0.05, 0) is 11.6 Å². The number of carbonyl (C=O) groups excluding carboxylic acids is 1. The van der Waals surface area contributed by atoms with Gasteiger partial charge in [-0.15, -0.1) is 11.3 Å². The normalized spacial score (nSPS) is 14.9. The van der Waals surface area contributed by atoms with E-state index in [1.54, 1.807) is 5.38 Å². The third kappa shape index (κ3) is 3.33. The molecule has 26 heavy (non-hydrogen) atoms. The summed E-state index contributed by atoms with van der Waals surface area (Å²) in [4.78, 5) is 17.6. The molecule has 0 radical (unpaired) electrons. The number of aromatic nitrogens is 3. The summed E-state index contributed by atoms with van der Waals surface area (Å²) in [5.41, 5.74) is 8.36. The number of thiazole rings is 1. The number of hydrogen-bond acceptors (Lipinski definition) is 6. The highest BCUT2D eigenvalue weighted by molar-refractivity contribution is 7.13. The van der Waals surface area contributed by atoms with Gasteiger partial charge in [-0.2, -0.15) is 5.10 Å². The highest BCUT2D eigenvalue weighted by Crippen LogP contribution is 2.26. The van der Waals surface area contributed by atoms with Gasteiger partial charge in [0.25, 0.3) is 5.91 Å². The van der Waals surface area contributed by atoms with E-state index in [2.05, 4.69) is 15.0 Å². The number of aliphatic hydroxyl groups is 1. The standard InChI is InChI=1S/C18H19N5O2S/c19-17(25)15-11-26-18(20-15)22-6-7-23-13(10-22)9-14(21-23)16(24)8-12-4-2-1-3-5-12/h1-5,9,11,16,24H,6-8,10H2,(H2,19,25)/t16-/m0/s1. The first-order chi connectivity index (χ1) is 12.6. The van der Waals surface area contributed by atoms with E-state index in [0.29, 0.717) is 30.9 Å². The van der Waals surface area contributed by atoms with E-state index >= 15 is 0 Å². The summed E-state index contributed by atoms with van der Waals surface area (Å²) in [5.74, 6) is -0.513. The quantitative estimate of drug-likeness (QED) is 0.714. The number of aliphatic hydroxyl groups excluding tert-OH is 1.